The Kier molecular flexibility index (Phi) is 8.04. The van der Waals surface area contributed by atoms with E-state index < -0.39 is 5.97 Å². The van der Waals surface area contributed by atoms with Crippen LogP contribution in [0.15, 0.2) is 53.1 Å². The molecule has 32 heavy (non-hydrogen) atoms. The van der Waals surface area contributed by atoms with Crippen molar-refractivity contribution in [3.05, 3.63) is 59.4 Å². The maximum absolute atomic E-state index is 12.4. The molecule has 3 aromatic rings. The van der Waals surface area contributed by atoms with Crippen LogP contribution >= 0.6 is 11.3 Å². The van der Waals surface area contributed by atoms with E-state index in [-0.39, 0.29) is 30.6 Å². The molecule has 0 aliphatic heterocycles. The zero-order chi connectivity index (χ0) is 22.9. The summed E-state index contributed by atoms with van der Waals surface area (Å²) >= 11 is 1.25. The number of anilines is 1. The quantitative estimate of drug-likeness (QED) is 0.347. The van der Waals surface area contributed by atoms with Gasteiger partial charge in [0.05, 0.1) is 25.7 Å². The molecular formula is C23H24N2O6S. The lowest BCUT2D eigenvalue weighted by Gasteiger charge is -2.07. The van der Waals surface area contributed by atoms with Gasteiger partial charge < -0.3 is 24.5 Å². The Hall–Kier alpha value is -3.59. The number of benzene rings is 1. The molecule has 2 amide bonds. The number of ether oxygens (including phenoxy) is 2. The summed E-state index contributed by atoms with van der Waals surface area (Å²) in [6.07, 6.45) is 2.03. The van der Waals surface area contributed by atoms with Crippen molar-refractivity contribution >= 4 is 34.8 Å². The first kappa shape index (κ1) is 23.1. The molecule has 2 heterocycles. The normalized spacial score (nSPS) is 10.4. The highest BCUT2D eigenvalue weighted by molar-refractivity contribution is 7.18. The van der Waals surface area contributed by atoms with E-state index in [4.69, 9.17) is 13.9 Å². The molecule has 0 aliphatic carbocycles. The second-order valence-corrected chi connectivity index (χ2v) is 7.74. The predicted molar refractivity (Wildman–Crippen MR) is 121 cm³/mol. The summed E-state index contributed by atoms with van der Waals surface area (Å²) in [5, 5.41) is 5.48. The average Bonchev–Trinajstić information content (AvgIpc) is 3.47. The van der Waals surface area contributed by atoms with Crippen LogP contribution in [-0.2, 0) is 9.53 Å². The number of methoxy groups -OCH3 is 1. The lowest BCUT2D eigenvalue weighted by Crippen LogP contribution is -2.25. The SMILES string of the molecule is CCOC(=O)c1sc(-c2ccc(OC)cc2)cc1NC(=O)CCCNC(=O)c1ccco1. The minimum Gasteiger partial charge on any atom is -0.497 e. The molecule has 168 valence electrons. The molecule has 8 nitrogen and oxygen atoms in total. The number of esters is 1. The van der Waals surface area contributed by atoms with Gasteiger partial charge >= 0.3 is 5.97 Å². The monoisotopic (exact) mass is 456 g/mol. The van der Waals surface area contributed by atoms with Gasteiger partial charge in [-0.1, -0.05) is 0 Å². The van der Waals surface area contributed by atoms with Crippen molar-refractivity contribution in [1.82, 2.24) is 5.32 Å². The first-order valence-corrected chi connectivity index (χ1v) is 10.9. The lowest BCUT2D eigenvalue weighted by atomic mass is 10.1. The Morgan fingerprint density at radius 2 is 1.91 bits per heavy atom. The van der Waals surface area contributed by atoms with Gasteiger partial charge in [-0.25, -0.2) is 4.79 Å². The van der Waals surface area contributed by atoms with Crippen LogP contribution in [0, 0.1) is 0 Å². The van der Waals surface area contributed by atoms with Crippen molar-refractivity contribution in [3.8, 4) is 16.2 Å². The van der Waals surface area contributed by atoms with E-state index in [0.29, 0.717) is 23.5 Å². The molecule has 0 aliphatic rings. The molecular weight excluding hydrogens is 432 g/mol. The van der Waals surface area contributed by atoms with Crippen molar-refractivity contribution in [2.24, 2.45) is 0 Å². The molecule has 0 bridgehead atoms. The third-order valence-electron chi connectivity index (χ3n) is 4.45. The number of amides is 2. The van der Waals surface area contributed by atoms with Crippen LogP contribution in [0.5, 0.6) is 5.75 Å². The van der Waals surface area contributed by atoms with Gasteiger partial charge in [-0.15, -0.1) is 11.3 Å². The molecule has 0 spiro atoms. The number of hydrogen-bond acceptors (Lipinski definition) is 7. The molecule has 0 fully saturated rings. The molecule has 2 N–H and O–H groups in total. The molecule has 0 atom stereocenters. The van der Waals surface area contributed by atoms with E-state index >= 15 is 0 Å². The summed E-state index contributed by atoms with van der Waals surface area (Å²) < 4.78 is 15.3. The van der Waals surface area contributed by atoms with Crippen LogP contribution in [0.4, 0.5) is 5.69 Å². The molecule has 0 saturated carbocycles. The van der Waals surface area contributed by atoms with Gasteiger partial charge in [0.1, 0.15) is 10.6 Å². The van der Waals surface area contributed by atoms with Crippen molar-refractivity contribution in [3.63, 3.8) is 0 Å². The molecule has 9 heteroatoms. The highest BCUT2D eigenvalue weighted by atomic mass is 32.1. The number of nitrogens with one attached hydrogen (secondary N) is 2. The summed E-state index contributed by atoms with van der Waals surface area (Å²) in [5.74, 6) is -0.136. The Morgan fingerprint density at radius 3 is 2.56 bits per heavy atom. The molecule has 3 rings (SSSR count). The van der Waals surface area contributed by atoms with Gasteiger partial charge in [0.15, 0.2) is 5.76 Å². The molecule has 1 aromatic carbocycles. The van der Waals surface area contributed by atoms with Crippen molar-refractivity contribution in [2.45, 2.75) is 19.8 Å². The summed E-state index contributed by atoms with van der Waals surface area (Å²) in [6.45, 7) is 2.28. The van der Waals surface area contributed by atoms with Gasteiger partial charge in [-0.3, -0.25) is 9.59 Å². The third-order valence-corrected chi connectivity index (χ3v) is 5.62. The fourth-order valence-corrected chi connectivity index (χ4v) is 3.90. The third kappa shape index (κ3) is 5.98. The largest absolute Gasteiger partial charge is 0.497 e. The van der Waals surface area contributed by atoms with Crippen LogP contribution in [0.3, 0.4) is 0 Å². The summed E-state index contributed by atoms with van der Waals surface area (Å²) in [4.78, 5) is 37.8. The van der Waals surface area contributed by atoms with Gasteiger partial charge in [-0.2, -0.15) is 0 Å². The lowest BCUT2D eigenvalue weighted by molar-refractivity contribution is -0.116. The zero-order valence-electron chi connectivity index (χ0n) is 17.8. The maximum Gasteiger partial charge on any atom is 0.350 e. The second kappa shape index (κ2) is 11.1. The minimum absolute atomic E-state index is 0.175. The fourth-order valence-electron chi connectivity index (χ4n) is 2.89. The molecule has 0 radical (unpaired) electrons. The van der Waals surface area contributed by atoms with E-state index in [1.54, 1.807) is 32.2 Å². The second-order valence-electron chi connectivity index (χ2n) is 6.69. The first-order chi connectivity index (χ1) is 15.5. The van der Waals surface area contributed by atoms with E-state index in [9.17, 15) is 14.4 Å². The molecule has 0 saturated heterocycles. The number of furan rings is 1. The highest BCUT2D eigenvalue weighted by Gasteiger charge is 2.20. The van der Waals surface area contributed by atoms with Gasteiger partial charge in [0, 0.05) is 17.8 Å². The standard InChI is InChI=1S/C23H24N2O6S/c1-3-30-23(28)21-17(14-19(32-21)15-8-10-16(29-2)11-9-15)25-20(26)7-4-12-24-22(27)18-6-5-13-31-18/h5-6,8-11,13-14H,3-4,7,12H2,1-2H3,(H,24,27)(H,25,26). The van der Waals surface area contributed by atoms with Gasteiger partial charge in [-0.05, 0) is 61.4 Å². The summed E-state index contributed by atoms with van der Waals surface area (Å²) in [6, 6.07) is 12.4. The summed E-state index contributed by atoms with van der Waals surface area (Å²) in [7, 11) is 1.59. The van der Waals surface area contributed by atoms with Crippen LogP contribution in [-0.4, -0.2) is 38.0 Å². The highest BCUT2D eigenvalue weighted by Crippen LogP contribution is 2.36. The van der Waals surface area contributed by atoms with Gasteiger partial charge in [0.25, 0.3) is 5.91 Å². The van der Waals surface area contributed by atoms with Crippen LogP contribution < -0.4 is 15.4 Å². The predicted octanol–water partition coefficient (Wildman–Crippen LogP) is 4.34. The number of thiophene rings is 1. The number of carbonyl (C=O) groups is 3. The summed E-state index contributed by atoms with van der Waals surface area (Å²) in [5.41, 5.74) is 1.30. The van der Waals surface area contributed by atoms with E-state index in [1.165, 1.54) is 17.6 Å². The Balaban J connectivity index is 1.62. The van der Waals surface area contributed by atoms with E-state index in [0.717, 1.165) is 16.2 Å². The van der Waals surface area contributed by atoms with Crippen LogP contribution in [0.2, 0.25) is 0 Å². The van der Waals surface area contributed by atoms with E-state index in [1.807, 2.05) is 24.3 Å². The van der Waals surface area contributed by atoms with Crippen molar-refractivity contribution < 1.29 is 28.3 Å². The Morgan fingerprint density at radius 1 is 1.12 bits per heavy atom. The topological polar surface area (TPSA) is 107 Å². The molecule has 2 aromatic heterocycles. The Bertz CT molecular complexity index is 1060. The van der Waals surface area contributed by atoms with Gasteiger partial charge in [0.2, 0.25) is 5.91 Å². The minimum atomic E-state index is -0.488. The Labute approximate surface area is 189 Å². The number of carbonyl (C=O) groups excluding carboxylic acids is 3. The smallest absolute Gasteiger partial charge is 0.350 e. The maximum atomic E-state index is 12.4. The van der Waals surface area contributed by atoms with Crippen LogP contribution in [0.25, 0.3) is 10.4 Å². The van der Waals surface area contributed by atoms with Crippen molar-refractivity contribution in [1.29, 1.82) is 0 Å². The fraction of sp³-hybridized carbons (Fsp3) is 0.261. The zero-order valence-corrected chi connectivity index (χ0v) is 18.6. The van der Waals surface area contributed by atoms with Crippen molar-refractivity contribution in [2.75, 3.05) is 25.6 Å². The van der Waals surface area contributed by atoms with E-state index in [2.05, 4.69) is 10.6 Å². The van der Waals surface area contributed by atoms with Crippen LogP contribution in [0.1, 0.15) is 40.0 Å². The number of rotatable bonds is 10. The molecule has 0 unspecified atom stereocenters. The number of hydrogen-bond donors (Lipinski definition) is 2. The first-order valence-electron chi connectivity index (χ1n) is 10.1. The average molecular weight is 457 g/mol.